The van der Waals surface area contributed by atoms with Crippen molar-refractivity contribution >= 4 is 23.7 Å². The Hall–Kier alpha value is -1.93. The molecule has 2 rings (SSSR count). The van der Waals surface area contributed by atoms with E-state index in [9.17, 15) is 9.59 Å². The SMILES string of the molecule is O=CC(CC(=O)c1ccc(Cl)cc1)c1ccccc1. The van der Waals surface area contributed by atoms with Crippen LogP contribution < -0.4 is 0 Å². The zero-order valence-electron chi connectivity index (χ0n) is 10.3. The first-order valence-corrected chi connectivity index (χ1v) is 6.37. The number of rotatable bonds is 5. The second kappa shape index (κ2) is 6.30. The normalized spacial score (nSPS) is 11.8. The van der Waals surface area contributed by atoms with E-state index in [0.717, 1.165) is 11.8 Å². The molecule has 0 saturated carbocycles. The number of benzene rings is 2. The molecule has 2 nitrogen and oxygen atoms in total. The van der Waals surface area contributed by atoms with Gasteiger partial charge < -0.3 is 4.79 Å². The minimum Gasteiger partial charge on any atom is -0.303 e. The van der Waals surface area contributed by atoms with Crippen molar-refractivity contribution in [1.29, 1.82) is 0 Å². The van der Waals surface area contributed by atoms with Crippen LogP contribution in [0, 0.1) is 0 Å². The molecule has 2 aromatic carbocycles. The topological polar surface area (TPSA) is 34.1 Å². The van der Waals surface area contributed by atoms with Crippen LogP contribution in [0.5, 0.6) is 0 Å². The molecule has 0 aliphatic carbocycles. The third kappa shape index (κ3) is 3.52. The van der Waals surface area contributed by atoms with Crippen LogP contribution in [0.1, 0.15) is 28.3 Å². The van der Waals surface area contributed by atoms with Crippen molar-refractivity contribution in [1.82, 2.24) is 0 Å². The summed E-state index contributed by atoms with van der Waals surface area (Å²) in [5.41, 5.74) is 1.44. The van der Waals surface area contributed by atoms with Crippen molar-refractivity contribution in [2.24, 2.45) is 0 Å². The molecule has 0 spiro atoms. The molecular weight excluding hydrogens is 260 g/mol. The molecular formula is C16H13ClO2. The summed E-state index contributed by atoms with van der Waals surface area (Å²) in [6.45, 7) is 0. The van der Waals surface area contributed by atoms with E-state index in [4.69, 9.17) is 11.6 Å². The van der Waals surface area contributed by atoms with Crippen molar-refractivity contribution in [3.8, 4) is 0 Å². The molecule has 96 valence electrons. The van der Waals surface area contributed by atoms with Crippen LogP contribution in [0.2, 0.25) is 5.02 Å². The molecule has 0 aliphatic rings. The van der Waals surface area contributed by atoms with Crippen LogP contribution in [-0.4, -0.2) is 12.1 Å². The molecule has 1 atom stereocenters. The van der Waals surface area contributed by atoms with Crippen LogP contribution in [0.3, 0.4) is 0 Å². The Morgan fingerprint density at radius 2 is 1.68 bits per heavy atom. The number of hydrogen-bond acceptors (Lipinski definition) is 2. The van der Waals surface area contributed by atoms with E-state index in [1.807, 2.05) is 30.3 Å². The summed E-state index contributed by atoms with van der Waals surface area (Å²) in [6.07, 6.45) is 0.998. The van der Waals surface area contributed by atoms with Gasteiger partial charge >= 0.3 is 0 Å². The van der Waals surface area contributed by atoms with Gasteiger partial charge in [0, 0.05) is 22.9 Å². The molecule has 1 unspecified atom stereocenters. The van der Waals surface area contributed by atoms with Gasteiger partial charge in [-0.25, -0.2) is 0 Å². The van der Waals surface area contributed by atoms with Gasteiger partial charge in [-0.15, -0.1) is 0 Å². The number of halogens is 1. The second-order valence-corrected chi connectivity index (χ2v) is 4.72. The summed E-state index contributed by atoms with van der Waals surface area (Å²) in [5, 5.41) is 0.589. The molecule has 0 aromatic heterocycles. The molecule has 2 aromatic rings. The summed E-state index contributed by atoms with van der Waals surface area (Å²) in [7, 11) is 0. The zero-order valence-corrected chi connectivity index (χ0v) is 11.0. The highest BCUT2D eigenvalue weighted by molar-refractivity contribution is 6.30. The Kier molecular flexibility index (Phi) is 4.48. The Morgan fingerprint density at radius 1 is 1.05 bits per heavy atom. The largest absolute Gasteiger partial charge is 0.303 e. The number of ketones is 1. The third-order valence-corrected chi connectivity index (χ3v) is 3.22. The van der Waals surface area contributed by atoms with E-state index in [1.54, 1.807) is 24.3 Å². The van der Waals surface area contributed by atoms with Gasteiger partial charge in [0.05, 0.1) is 0 Å². The fourth-order valence-electron chi connectivity index (χ4n) is 1.90. The van der Waals surface area contributed by atoms with E-state index in [1.165, 1.54) is 0 Å². The molecule has 0 amide bonds. The maximum absolute atomic E-state index is 12.1. The first-order valence-electron chi connectivity index (χ1n) is 5.99. The van der Waals surface area contributed by atoms with Gasteiger partial charge in [0.15, 0.2) is 5.78 Å². The van der Waals surface area contributed by atoms with E-state index in [0.29, 0.717) is 10.6 Å². The zero-order chi connectivity index (χ0) is 13.7. The standard InChI is InChI=1S/C16H13ClO2/c17-15-8-6-13(7-9-15)16(19)10-14(11-18)12-4-2-1-3-5-12/h1-9,11,14H,10H2. The smallest absolute Gasteiger partial charge is 0.163 e. The first kappa shape index (κ1) is 13.5. The predicted molar refractivity (Wildman–Crippen MR) is 75.6 cm³/mol. The van der Waals surface area contributed by atoms with Crippen LogP contribution in [0.4, 0.5) is 0 Å². The molecule has 3 heteroatoms. The van der Waals surface area contributed by atoms with Crippen molar-refractivity contribution in [2.45, 2.75) is 12.3 Å². The lowest BCUT2D eigenvalue weighted by atomic mass is 9.93. The van der Waals surface area contributed by atoms with Gasteiger partial charge in [0.1, 0.15) is 6.29 Å². The Labute approximate surface area is 117 Å². The molecule has 0 aliphatic heterocycles. The van der Waals surface area contributed by atoms with Gasteiger partial charge in [-0.1, -0.05) is 41.9 Å². The van der Waals surface area contributed by atoms with E-state index < -0.39 is 5.92 Å². The van der Waals surface area contributed by atoms with Gasteiger partial charge in [-0.3, -0.25) is 4.79 Å². The Bertz CT molecular complexity index is 561. The van der Waals surface area contributed by atoms with E-state index in [-0.39, 0.29) is 12.2 Å². The lowest BCUT2D eigenvalue weighted by Crippen LogP contribution is -2.08. The predicted octanol–water partition coefficient (Wildman–Crippen LogP) is 3.90. The lowest BCUT2D eigenvalue weighted by molar-refractivity contribution is -0.109. The number of Topliss-reactive ketones (excluding diaryl/α,β-unsaturated/α-hetero) is 1. The average Bonchev–Trinajstić information content (AvgIpc) is 2.46. The molecule has 19 heavy (non-hydrogen) atoms. The van der Waals surface area contributed by atoms with Crippen LogP contribution in [0.15, 0.2) is 54.6 Å². The van der Waals surface area contributed by atoms with Gasteiger partial charge in [0.25, 0.3) is 0 Å². The molecule has 0 radical (unpaired) electrons. The fraction of sp³-hybridized carbons (Fsp3) is 0.125. The highest BCUT2D eigenvalue weighted by atomic mass is 35.5. The lowest BCUT2D eigenvalue weighted by Gasteiger charge is -2.09. The van der Waals surface area contributed by atoms with Crippen LogP contribution >= 0.6 is 11.6 Å². The Balaban J connectivity index is 2.13. The van der Waals surface area contributed by atoms with E-state index in [2.05, 4.69) is 0 Å². The molecule has 0 heterocycles. The van der Waals surface area contributed by atoms with Crippen molar-refractivity contribution < 1.29 is 9.59 Å². The monoisotopic (exact) mass is 272 g/mol. The number of carbonyl (C=O) groups excluding carboxylic acids is 2. The second-order valence-electron chi connectivity index (χ2n) is 4.29. The highest BCUT2D eigenvalue weighted by Crippen LogP contribution is 2.20. The average molecular weight is 273 g/mol. The number of carbonyl (C=O) groups is 2. The summed E-state index contributed by atoms with van der Waals surface area (Å²) in [4.78, 5) is 23.2. The van der Waals surface area contributed by atoms with Crippen molar-refractivity contribution in [2.75, 3.05) is 0 Å². The van der Waals surface area contributed by atoms with Crippen molar-refractivity contribution in [3.05, 3.63) is 70.7 Å². The van der Waals surface area contributed by atoms with Crippen LogP contribution in [0.25, 0.3) is 0 Å². The summed E-state index contributed by atoms with van der Waals surface area (Å²) < 4.78 is 0. The summed E-state index contributed by atoms with van der Waals surface area (Å²) in [5.74, 6) is -0.456. The number of aldehydes is 1. The quantitative estimate of drug-likeness (QED) is 0.611. The molecule has 0 bridgehead atoms. The first-order chi connectivity index (χ1) is 9.20. The third-order valence-electron chi connectivity index (χ3n) is 2.96. The van der Waals surface area contributed by atoms with E-state index >= 15 is 0 Å². The molecule has 0 fully saturated rings. The summed E-state index contributed by atoms with van der Waals surface area (Å²) >= 11 is 5.78. The number of hydrogen-bond donors (Lipinski definition) is 0. The maximum atomic E-state index is 12.1. The van der Waals surface area contributed by atoms with Crippen molar-refractivity contribution in [3.63, 3.8) is 0 Å². The summed E-state index contributed by atoms with van der Waals surface area (Å²) in [6, 6.07) is 16.0. The minimum atomic E-state index is -0.399. The fourth-order valence-corrected chi connectivity index (χ4v) is 2.02. The van der Waals surface area contributed by atoms with Gasteiger partial charge in [-0.05, 0) is 29.8 Å². The van der Waals surface area contributed by atoms with Gasteiger partial charge in [0.2, 0.25) is 0 Å². The highest BCUT2D eigenvalue weighted by Gasteiger charge is 2.16. The van der Waals surface area contributed by atoms with Crippen LogP contribution in [-0.2, 0) is 4.79 Å². The molecule has 0 N–H and O–H groups in total. The molecule has 0 saturated heterocycles. The van der Waals surface area contributed by atoms with Gasteiger partial charge in [-0.2, -0.15) is 0 Å². The Morgan fingerprint density at radius 3 is 2.26 bits per heavy atom. The maximum Gasteiger partial charge on any atom is 0.163 e. The minimum absolute atomic E-state index is 0.0578.